The minimum absolute atomic E-state index is 0.0261. The summed E-state index contributed by atoms with van der Waals surface area (Å²) >= 11 is 0. The lowest BCUT2D eigenvalue weighted by molar-refractivity contribution is -0.136. The van der Waals surface area contributed by atoms with Crippen molar-refractivity contribution < 1.29 is 51.4 Å². The number of aromatic nitrogens is 3. The van der Waals surface area contributed by atoms with Crippen LogP contribution < -0.4 is 29.7 Å². The van der Waals surface area contributed by atoms with Crippen molar-refractivity contribution >= 4 is 67.8 Å². The number of benzene rings is 3. The zero-order valence-corrected chi connectivity index (χ0v) is 32.0. The molecule has 8 rings (SSSR count). The summed E-state index contributed by atoms with van der Waals surface area (Å²) in [6.07, 6.45) is 3.30. The number of nitrogens with one attached hydrogen (secondary N) is 4. The standard InChI is InChI=1S/C37H37FN10O10S/c38-33-25-15-23(5-4-20(25)14-28(49)34(33)47-19-31(52)43-59(47,56)57)58-13-10-39-30(51)18-45-11-8-22(9-12-45)46-17-21(42-44-46)16-40-26-3-1-2-24-32(26)37(55)48(36(24)54)27-6-7-29(50)41-35(27)53/h1-5,14-15,17,22,27,40,49H,6-13,16,18-19H2,(H,39,51)(H,43,52)(H,41,50,53). The second kappa shape index (κ2) is 15.6. The molecule has 3 saturated heterocycles. The van der Waals surface area contributed by atoms with Crippen molar-refractivity contribution in [1.82, 2.24) is 40.1 Å². The number of piperidine rings is 2. The summed E-state index contributed by atoms with van der Waals surface area (Å²) in [6, 6.07) is 9.35. The second-order valence-electron chi connectivity index (χ2n) is 14.4. The van der Waals surface area contributed by atoms with Crippen LogP contribution in [-0.2, 0) is 35.9 Å². The molecule has 1 unspecified atom stereocenters. The number of nitrogens with zero attached hydrogens (tertiary/aromatic N) is 6. The van der Waals surface area contributed by atoms with Crippen molar-refractivity contribution in [2.45, 2.75) is 44.3 Å². The Morgan fingerprint density at radius 3 is 2.56 bits per heavy atom. The van der Waals surface area contributed by atoms with E-state index in [9.17, 15) is 42.3 Å². The fourth-order valence-electron chi connectivity index (χ4n) is 7.66. The van der Waals surface area contributed by atoms with Gasteiger partial charge in [-0.05, 0) is 55.0 Å². The number of ether oxygens (including phenoxy) is 1. The lowest BCUT2D eigenvalue weighted by Gasteiger charge is -2.31. The highest BCUT2D eigenvalue weighted by atomic mass is 32.2. The number of anilines is 2. The maximum Gasteiger partial charge on any atom is 0.326 e. The third kappa shape index (κ3) is 7.70. The fourth-order valence-corrected chi connectivity index (χ4v) is 8.82. The molecule has 22 heteroatoms. The highest BCUT2D eigenvalue weighted by molar-refractivity contribution is 7.92. The number of hydrogen-bond acceptors (Lipinski definition) is 14. The second-order valence-corrected chi connectivity index (χ2v) is 16.0. The number of aromatic hydroxyl groups is 1. The van der Waals surface area contributed by atoms with Crippen LogP contribution in [0.1, 0.15) is 58.1 Å². The molecule has 4 aliphatic rings. The third-order valence-electron chi connectivity index (χ3n) is 10.6. The number of imide groups is 2. The van der Waals surface area contributed by atoms with E-state index >= 15 is 4.39 Å². The average molecular weight is 833 g/mol. The van der Waals surface area contributed by atoms with Gasteiger partial charge in [0.25, 0.3) is 17.7 Å². The molecular weight excluding hydrogens is 796 g/mol. The zero-order chi connectivity index (χ0) is 41.6. The third-order valence-corrected chi connectivity index (χ3v) is 11.9. The van der Waals surface area contributed by atoms with Crippen LogP contribution >= 0.6 is 0 Å². The van der Waals surface area contributed by atoms with Gasteiger partial charge in [0.05, 0.1) is 43.0 Å². The largest absolute Gasteiger partial charge is 0.506 e. The van der Waals surface area contributed by atoms with Crippen LogP contribution in [0.4, 0.5) is 15.8 Å². The monoisotopic (exact) mass is 832 g/mol. The van der Waals surface area contributed by atoms with Gasteiger partial charge in [0.15, 0.2) is 5.82 Å². The van der Waals surface area contributed by atoms with Gasteiger partial charge in [0.2, 0.25) is 17.7 Å². The Bertz CT molecular complexity index is 2540. The van der Waals surface area contributed by atoms with Gasteiger partial charge in [0.1, 0.15) is 42.1 Å². The molecule has 4 aliphatic heterocycles. The molecule has 3 fully saturated rings. The van der Waals surface area contributed by atoms with Crippen molar-refractivity contribution in [3.8, 4) is 11.5 Å². The van der Waals surface area contributed by atoms with Crippen LogP contribution in [0.5, 0.6) is 11.5 Å². The van der Waals surface area contributed by atoms with Crippen LogP contribution in [0.25, 0.3) is 10.8 Å². The summed E-state index contributed by atoms with van der Waals surface area (Å²) < 4.78 is 49.8. The van der Waals surface area contributed by atoms with Crippen molar-refractivity contribution in [1.29, 1.82) is 0 Å². The topological polar surface area (TPSA) is 255 Å². The van der Waals surface area contributed by atoms with Gasteiger partial charge < -0.3 is 20.5 Å². The smallest absolute Gasteiger partial charge is 0.326 e. The molecule has 1 aromatic heterocycles. The van der Waals surface area contributed by atoms with E-state index in [1.165, 1.54) is 24.3 Å². The number of rotatable bonds is 12. The first-order valence-electron chi connectivity index (χ1n) is 18.7. The molecular formula is C37H37FN10O10S. The van der Waals surface area contributed by atoms with Crippen LogP contribution in [-0.4, -0.2) is 119 Å². The van der Waals surface area contributed by atoms with Gasteiger partial charge in [-0.25, -0.2) is 18.1 Å². The number of amides is 6. The van der Waals surface area contributed by atoms with Crippen molar-refractivity contribution in [3.05, 3.63) is 71.3 Å². The highest BCUT2D eigenvalue weighted by Crippen LogP contribution is 2.39. The lowest BCUT2D eigenvalue weighted by atomic mass is 10.0. The number of carbonyl (C=O) groups is 6. The van der Waals surface area contributed by atoms with Gasteiger partial charge in [0, 0.05) is 30.6 Å². The lowest BCUT2D eigenvalue weighted by Crippen LogP contribution is -2.54. The van der Waals surface area contributed by atoms with E-state index < -0.39 is 69.6 Å². The normalized spacial score (nSPS) is 19.5. The fraction of sp³-hybridized carbons (Fsp3) is 0.351. The Morgan fingerprint density at radius 1 is 1.02 bits per heavy atom. The molecule has 5 heterocycles. The number of phenolic OH excluding ortho intramolecular Hbond substituents is 1. The van der Waals surface area contributed by atoms with Crippen LogP contribution in [0.15, 0.2) is 48.7 Å². The number of phenols is 1. The summed E-state index contributed by atoms with van der Waals surface area (Å²) in [5.74, 6) is -4.87. The number of halogens is 1. The van der Waals surface area contributed by atoms with Crippen LogP contribution in [0.3, 0.4) is 0 Å². The highest BCUT2D eigenvalue weighted by Gasteiger charge is 2.45. The molecule has 308 valence electrons. The van der Waals surface area contributed by atoms with E-state index in [2.05, 4.69) is 26.3 Å². The summed E-state index contributed by atoms with van der Waals surface area (Å²) in [7, 11) is -4.36. The van der Waals surface area contributed by atoms with Gasteiger partial charge in [-0.3, -0.25) is 43.9 Å². The zero-order valence-electron chi connectivity index (χ0n) is 31.1. The molecule has 59 heavy (non-hydrogen) atoms. The van der Waals surface area contributed by atoms with Crippen molar-refractivity contribution in [3.63, 3.8) is 0 Å². The van der Waals surface area contributed by atoms with E-state index in [0.29, 0.717) is 41.6 Å². The summed E-state index contributed by atoms with van der Waals surface area (Å²) in [5, 5.41) is 27.3. The minimum Gasteiger partial charge on any atom is -0.506 e. The molecule has 0 saturated carbocycles. The molecule has 0 aliphatic carbocycles. The van der Waals surface area contributed by atoms with Crippen LogP contribution in [0.2, 0.25) is 0 Å². The summed E-state index contributed by atoms with van der Waals surface area (Å²) in [6.45, 7) is 1.14. The predicted molar refractivity (Wildman–Crippen MR) is 204 cm³/mol. The van der Waals surface area contributed by atoms with E-state index in [4.69, 9.17) is 4.74 Å². The van der Waals surface area contributed by atoms with E-state index in [0.717, 1.165) is 4.90 Å². The molecule has 5 N–H and O–H groups in total. The number of carbonyl (C=O) groups excluding carboxylic acids is 6. The number of hydrogen-bond donors (Lipinski definition) is 5. The SMILES string of the molecule is O=C(CN1CCC(n2cc(CNc3cccc4c3C(=O)N(C3CCC(=O)NC3=O)C4=O)nn2)CC1)NCCOc1ccc2cc(O)c(N3CC(=O)NS3(=O)=O)c(F)c2c1. The van der Waals surface area contributed by atoms with E-state index in [-0.39, 0.29) is 78.7 Å². The Labute approximate surface area is 334 Å². The molecule has 0 bridgehead atoms. The van der Waals surface area contributed by atoms with Gasteiger partial charge in [-0.1, -0.05) is 17.3 Å². The Morgan fingerprint density at radius 2 is 1.81 bits per heavy atom. The molecule has 4 aromatic rings. The number of likely N-dealkylation sites (tertiary alicyclic amines) is 1. The van der Waals surface area contributed by atoms with Crippen molar-refractivity contribution in [2.75, 3.05) is 49.0 Å². The Balaban J connectivity index is 0.786. The first-order chi connectivity index (χ1) is 28.3. The van der Waals surface area contributed by atoms with Crippen molar-refractivity contribution in [2.24, 2.45) is 0 Å². The molecule has 6 amide bonds. The molecule has 20 nitrogen and oxygen atoms in total. The minimum atomic E-state index is -4.36. The van der Waals surface area contributed by atoms with Gasteiger partial charge >= 0.3 is 10.2 Å². The Kier molecular flexibility index (Phi) is 10.3. The first-order valence-corrected chi connectivity index (χ1v) is 20.1. The molecule has 3 aromatic carbocycles. The quantitative estimate of drug-likeness (QED) is 0.0952. The predicted octanol–water partition coefficient (Wildman–Crippen LogP) is 0.302. The Hall–Kier alpha value is -6.68. The molecule has 0 radical (unpaired) electrons. The number of fused-ring (bicyclic) bond motifs is 2. The maximum atomic E-state index is 15.5. The first kappa shape index (κ1) is 39.2. The maximum absolute atomic E-state index is 15.5. The summed E-state index contributed by atoms with van der Waals surface area (Å²) in [4.78, 5) is 77.9. The average Bonchev–Trinajstić information content (AvgIpc) is 3.86. The van der Waals surface area contributed by atoms with Gasteiger partial charge in [-0.15, -0.1) is 5.10 Å². The van der Waals surface area contributed by atoms with E-state index in [1.807, 2.05) is 4.90 Å². The van der Waals surface area contributed by atoms with E-state index in [1.54, 1.807) is 33.8 Å². The van der Waals surface area contributed by atoms with Crippen LogP contribution in [0, 0.1) is 5.82 Å². The van der Waals surface area contributed by atoms with Gasteiger partial charge in [-0.2, -0.15) is 8.42 Å². The summed E-state index contributed by atoms with van der Waals surface area (Å²) in [5.41, 5.74) is 0.658. The molecule has 1 atom stereocenters. The molecule has 0 spiro atoms.